The molecule has 112 valence electrons. The van der Waals surface area contributed by atoms with Crippen molar-refractivity contribution in [2.75, 3.05) is 13.1 Å². The number of amides is 1. The topological polar surface area (TPSA) is 57.6 Å². The van der Waals surface area contributed by atoms with E-state index in [0.717, 1.165) is 12.0 Å². The number of carboxylic acids is 1. The summed E-state index contributed by atoms with van der Waals surface area (Å²) < 4.78 is 0. The van der Waals surface area contributed by atoms with Crippen LogP contribution in [0.2, 0.25) is 0 Å². The van der Waals surface area contributed by atoms with Crippen LogP contribution in [0.3, 0.4) is 0 Å². The number of aliphatic carboxylic acids is 1. The Balaban J connectivity index is 1.99. The molecule has 1 saturated heterocycles. The van der Waals surface area contributed by atoms with Crippen molar-refractivity contribution in [3.05, 3.63) is 48.6 Å². The average Bonchev–Trinajstić information content (AvgIpc) is 2.53. The SMILES string of the molecule is C=C[C@H](CC(=O)N1CCC[C@@H](C(=O)O)C1)c1ccccc1. The second-order valence-electron chi connectivity index (χ2n) is 5.47. The summed E-state index contributed by atoms with van der Waals surface area (Å²) in [6, 6.07) is 9.79. The van der Waals surface area contributed by atoms with E-state index in [1.54, 1.807) is 11.0 Å². The predicted molar refractivity (Wildman–Crippen MR) is 80.9 cm³/mol. The van der Waals surface area contributed by atoms with Gasteiger partial charge in [0.2, 0.25) is 5.91 Å². The number of carbonyl (C=O) groups excluding carboxylic acids is 1. The van der Waals surface area contributed by atoms with Gasteiger partial charge < -0.3 is 10.0 Å². The molecule has 2 atom stereocenters. The van der Waals surface area contributed by atoms with Gasteiger partial charge in [-0.15, -0.1) is 6.58 Å². The van der Waals surface area contributed by atoms with Gasteiger partial charge in [0.05, 0.1) is 5.92 Å². The zero-order chi connectivity index (χ0) is 15.2. The van der Waals surface area contributed by atoms with Crippen LogP contribution in [0.4, 0.5) is 0 Å². The van der Waals surface area contributed by atoms with E-state index in [1.807, 2.05) is 30.3 Å². The van der Waals surface area contributed by atoms with E-state index in [4.69, 9.17) is 5.11 Å². The first-order valence-corrected chi connectivity index (χ1v) is 7.30. The van der Waals surface area contributed by atoms with Crippen LogP contribution in [0.25, 0.3) is 0 Å². The van der Waals surface area contributed by atoms with Gasteiger partial charge in [-0.3, -0.25) is 9.59 Å². The maximum absolute atomic E-state index is 12.4. The molecule has 1 aliphatic rings. The quantitative estimate of drug-likeness (QED) is 0.847. The van der Waals surface area contributed by atoms with Gasteiger partial charge in [0, 0.05) is 25.4 Å². The van der Waals surface area contributed by atoms with E-state index in [-0.39, 0.29) is 11.8 Å². The second-order valence-corrected chi connectivity index (χ2v) is 5.47. The Morgan fingerprint density at radius 3 is 2.71 bits per heavy atom. The van der Waals surface area contributed by atoms with Gasteiger partial charge >= 0.3 is 5.97 Å². The summed E-state index contributed by atoms with van der Waals surface area (Å²) in [6.45, 7) is 4.79. The first-order valence-electron chi connectivity index (χ1n) is 7.30. The molecule has 1 aromatic carbocycles. The fraction of sp³-hybridized carbons (Fsp3) is 0.412. The molecule has 0 aromatic heterocycles. The maximum Gasteiger partial charge on any atom is 0.308 e. The minimum Gasteiger partial charge on any atom is -0.481 e. The summed E-state index contributed by atoms with van der Waals surface area (Å²) in [7, 11) is 0. The molecule has 1 fully saturated rings. The fourth-order valence-electron chi connectivity index (χ4n) is 2.76. The van der Waals surface area contributed by atoms with Gasteiger partial charge in [0.25, 0.3) is 0 Å². The molecule has 0 bridgehead atoms. The van der Waals surface area contributed by atoms with Crippen molar-refractivity contribution >= 4 is 11.9 Å². The largest absolute Gasteiger partial charge is 0.481 e. The molecular formula is C17H21NO3. The highest BCUT2D eigenvalue weighted by Gasteiger charge is 2.28. The van der Waals surface area contributed by atoms with Gasteiger partial charge in [-0.1, -0.05) is 36.4 Å². The Labute approximate surface area is 125 Å². The minimum atomic E-state index is -0.809. The van der Waals surface area contributed by atoms with E-state index in [0.29, 0.717) is 25.9 Å². The zero-order valence-electron chi connectivity index (χ0n) is 12.1. The smallest absolute Gasteiger partial charge is 0.308 e. The molecule has 1 heterocycles. The number of allylic oxidation sites excluding steroid dienone is 1. The van der Waals surface area contributed by atoms with E-state index >= 15 is 0 Å². The van der Waals surface area contributed by atoms with Crippen LogP contribution < -0.4 is 0 Å². The third-order valence-electron chi connectivity index (χ3n) is 4.03. The van der Waals surface area contributed by atoms with Crippen LogP contribution in [-0.2, 0) is 9.59 Å². The third-order valence-corrected chi connectivity index (χ3v) is 4.03. The van der Waals surface area contributed by atoms with Crippen molar-refractivity contribution in [3.63, 3.8) is 0 Å². The average molecular weight is 287 g/mol. The Morgan fingerprint density at radius 2 is 2.10 bits per heavy atom. The van der Waals surface area contributed by atoms with Crippen molar-refractivity contribution in [1.29, 1.82) is 0 Å². The lowest BCUT2D eigenvalue weighted by Crippen LogP contribution is -2.42. The van der Waals surface area contributed by atoms with Crippen molar-refractivity contribution < 1.29 is 14.7 Å². The van der Waals surface area contributed by atoms with Gasteiger partial charge in [-0.2, -0.15) is 0 Å². The van der Waals surface area contributed by atoms with Crippen LogP contribution >= 0.6 is 0 Å². The number of likely N-dealkylation sites (tertiary alicyclic amines) is 1. The second kappa shape index (κ2) is 7.07. The van der Waals surface area contributed by atoms with Crippen LogP contribution in [0.1, 0.15) is 30.7 Å². The molecule has 4 heteroatoms. The predicted octanol–water partition coefficient (Wildman–Crippen LogP) is 2.67. The Hall–Kier alpha value is -2.10. The lowest BCUT2D eigenvalue weighted by Gasteiger charge is -2.31. The van der Waals surface area contributed by atoms with Crippen LogP contribution in [0.15, 0.2) is 43.0 Å². The first-order chi connectivity index (χ1) is 10.1. The van der Waals surface area contributed by atoms with E-state index < -0.39 is 11.9 Å². The molecule has 21 heavy (non-hydrogen) atoms. The number of nitrogens with zero attached hydrogens (tertiary/aromatic N) is 1. The van der Waals surface area contributed by atoms with E-state index in [9.17, 15) is 9.59 Å². The Bertz CT molecular complexity index is 512. The van der Waals surface area contributed by atoms with Crippen molar-refractivity contribution in [2.45, 2.75) is 25.2 Å². The fourth-order valence-corrected chi connectivity index (χ4v) is 2.76. The summed E-state index contributed by atoms with van der Waals surface area (Å²) in [5, 5.41) is 9.09. The number of benzene rings is 1. The molecule has 0 spiro atoms. The standard InChI is InChI=1S/C17H21NO3/c1-2-13(14-7-4-3-5-8-14)11-16(19)18-10-6-9-15(12-18)17(20)21/h2-5,7-8,13,15H,1,6,9-12H2,(H,20,21)/t13-,15-/m1/s1. The zero-order valence-corrected chi connectivity index (χ0v) is 12.1. The number of piperidine rings is 1. The van der Waals surface area contributed by atoms with E-state index in [2.05, 4.69) is 6.58 Å². The summed E-state index contributed by atoms with van der Waals surface area (Å²) in [6.07, 6.45) is 3.54. The molecular weight excluding hydrogens is 266 g/mol. The number of hydrogen-bond donors (Lipinski definition) is 1. The molecule has 2 rings (SSSR count). The highest BCUT2D eigenvalue weighted by Crippen LogP contribution is 2.24. The Morgan fingerprint density at radius 1 is 1.38 bits per heavy atom. The highest BCUT2D eigenvalue weighted by atomic mass is 16.4. The molecule has 4 nitrogen and oxygen atoms in total. The van der Waals surface area contributed by atoms with Gasteiger partial charge in [0.1, 0.15) is 0 Å². The minimum absolute atomic E-state index is 0.00898. The van der Waals surface area contributed by atoms with Crippen molar-refractivity contribution in [1.82, 2.24) is 4.90 Å². The summed E-state index contributed by atoms with van der Waals surface area (Å²) in [4.78, 5) is 25.1. The van der Waals surface area contributed by atoms with Crippen molar-refractivity contribution in [3.8, 4) is 0 Å². The normalized spacial score (nSPS) is 19.8. The molecule has 0 radical (unpaired) electrons. The number of hydrogen-bond acceptors (Lipinski definition) is 2. The maximum atomic E-state index is 12.4. The van der Waals surface area contributed by atoms with Gasteiger partial charge in [-0.25, -0.2) is 0 Å². The molecule has 0 aliphatic carbocycles. The summed E-state index contributed by atoms with van der Waals surface area (Å²) in [5.41, 5.74) is 1.06. The number of carboxylic acid groups (broad SMARTS) is 1. The molecule has 1 aromatic rings. The summed E-state index contributed by atoms with van der Waals surface area (Å²) in [5.74, 6) is -1.25. The summed E-state index contributed by atoms with van der Waals surface area (Å²) >= 11 is 0. The lowest BCUT2D eigenvalue weighted by molar-refractivity contribution is -0.145. The number of carbonyl (C=O) groups is 2. The van der Waals surface area contributed by atoms with E-state index in [1.165, 1.54) is 0 Å². The van der Waals surface area contributed by atoms with Crippen molar-refractivity contribution in [2.24, 2.45) is 5.92 Å². The number of rotatable bonds is 5. The molecule has 1 N–H and O–H groups in total. The van der Waals surface area contributed by atoms with Crippen LogP contribution in [-0.4, -0.2) is 35.0 Å². The molecule has 0 saturated carbocycles. The Kier molecular flexibility index (Phi) is 5.14. The van der Waals surface area contributed by atoms with Gasteiger partial charge in [0.15, 0.2) is 0 Å². The lowest BCUT2D eigenvalue weighted by atomic mass is 9.93. The monoisotopic (exact) mass is 287 g/mol. The van der Waals surface area contributed by atoms with Crippen LogP contribution in [0, 0.1) is 5.92 Å². The molecule has 1 aliphatic heterocycles. The third kappa shape index (κ3) is 3.94. The molecule has 0 unspecified atom stereocenters. The highest BCUT2D eigenvalue weighted by molar-refractivity contribution is 5.79. The molecule has 1 amide bonds. The van der Waals surface area contributed by atoms with Gasteiger partial charge in [-0.05, 0) is 18.4 Å². The van der Waals surface area contributed by atoms with Crippen LogP contribution in [0.5, 0.6) is 0 Å². The first kappa shape index (κ1) is 15.3.